The molecule has 1 aliphatic heterocycles. The maximum Gasteiger partial charge on any atom is 0.307 e. The maximum absolute atomic E-state index is 11.7. The molecule has 1 atom stereocenters. The zero-order valence-electron chi connectivity index (χ0n) is 18.9. The lowest BCUT2D eigenvalue weighted by Crippen LogP contribution is -2.48. The Hall–Kier alpha value is -2.74. The van der Waals surface area contributed by atoms with Crippen molar-refractivity contribution in [2.24, 2.45) is 0 Å². The van der Waals surface area contributed by atoms with Crippen molar-refractivity contribution in [3.05, 3.63) is 30.5 Å². The van der Waals surface area contributed by atoms with Gasteiger partial charge in [-0.2, -0.15) is 0 Å². The molecule has 168 valence electrons. The van der Waals surface area contributed by atoms with Gasteiger partial charge in [-0.15, -0.1) is 0 Å². The molecule has 0 aromatic carbocycles. The number of likely N-dealkylation sites (N-methyl/N-ethyl adjacent to an activating group) is 1. The number of esters is 1. The van der Waals surface area contributed by atoms with E-state index in [0.29, 0.717) is 37.3 Å². The Bertz CT molecular complexity index is 828. The first-order valence-corrected chi connectivity index (χ1v) is 11.3. The summed E-state index contributed by atoms with van der Waals surface area (Å²) in [5.74, 6) is 1.96. The topological polar surface area (TPSA) is 83.5 Å². The van der Waals surface area contributed by atoms with E-state index in [0.717, 1.165) is 44.1 Å². The molecule has 2 aromatic rings. The van der Waals surface area contributed by atoms with Gasteiger partial charge in [0.15, 0.2) is 5.82 Å². The van der Waals surface area contributed by atoms with Crippen LogP contribution in [0.2, 0.25) is 0 Å². The quantitative estimate of drug-likeness (QED) is 0.580. The number of pyridine rings is 1. The van der Waals surface area contributed by atoms with Crippen molar-refractivity contribution in [3.63, 3.8) is 0 Å². The number of piperidine rings is 1. The molecular weight excluding hydrogens is 392 g/mol. The van der Waals surface area contributed by atoms with E-state index >= 15 is 0 Å². The molecule has 0 spiro atoms. The van der Waals surface area contributed by atoms with Gasteiger partial charge in [-0.1, -0.05) is 19.9 Å². The number of ether oxygens (including phenoxy) is 1. The molecular formula is C23H34N6O2. The molecule has 8 nitrogen and oxygen atoms in total. The van der Waals surface area contributed by atoms with Crippen molar-refractivity contribution in [3.8, 4) is 11.5 Å². The summed E-state index contributed by atoms with van der Waals surface area (Å²) in [5, 5.41) is 3.26. The minimum absolute atomic E-state index is 0.215. The molecule has 1 unspecified atom stereocenters. The van der Waals surface area contributed by atoms with Crippen molar-refractivity contribution < 1.29 is 9.53 Å². The predicted molar refractivity (Wildman–Crippen MR) is 123 cm³/mol. The molecule has 1 N–H and O–H groups in total. The van der Waals surface area contributed by atoms with E-state index in [1.807, 2.05) is 31.2 Å². The Morgan fingerprint density at radius 2 is 2.10 bits per heavy atom. The van der Waals surface area contributed by atoms with Gasteiger partial charge in [0, 0.05) is 37.9 Å². The highest BCUT2D eigenvalue weighted by molar-refractivity contribution is 5.70. The normalized spacial score (nSPS) is 16.4. The van der Waals surface area contributed by atoms with E-state index in [9.17, 15) is 4.79 Å². The minimum Gasteiger partial charge on any atom is -0.466 e. The summed E-state index contributed by atoms with van der Waals surface area (Å²) >= 11 is 0. The first-order valence-electron chi connectivity index (χ1n) is 11.3. The lowest BCUT2D eigenvalue weighted by atomic mass is 10.0. The van der Waals surface area contributed by atoms with E-state index < -0.39 is 0 Å². The molecule has 3 rings (SSSR count). The van der Waals surface area contributed by atoms with Crippen LogP contribution >= 0.6 is 0 Å². The van der Waals surface area contributed by atoms with E-state index in [1.165, 1.54) is 6.42 Å². The van der Waals surface area contributed by atoms with Crippen molar-refractivity contribution in [1.82, 2.24) is 19.9 Å². The number of carbonyl (C=O) groups excluding carboxylic acids is 1. The summed E-state index contributed by atoms with van der Waals surface area (Å²) in [5.41, 5.74) is 0.732. The molecule has 1 aliphatic rings. The van der Waals surface area contributed by atoms with Gasteiger partial charge >= 0.3 is 5.97 Å². The fraction of sp³-hybridized carbons (Fsp3) is 0.565. The summed E-state index contributed by atoms with van der Waals surface area (Å²) in [6, 6.07) is 8.23. The van der Waals surface area contributed by atoms with Crippen LogP contribution in [0.3, 0.4) is 0 Å². The molecule has 0 saturated carbocycles. The highest BCUT2D eigenvalue weighted by Gasteiger charge is 2.25. The zero-order valence-corrected chi connectivity index (χ0v) is 18.9. The van der Waals surface area contributed by atoms with Gasteiger partial charge in [-0.05, 0) is 45.0 Å². The average molecular weight is 427 g/mol. The van der Waals surface area contributed by atoms with Crippen LogP contribution in [0.15, 0.2) is 30.5 Å². The second-order valence-corrected chi connectivity index (χ2v) is 7.60. The number of nitrogens with one attached hydrogen (secondary N) is 1. The van der Waals surface area contributed by atoms with Crippen LogP contribution in [0, 0.1) is 0 Å². The third kappa shape index (κ3) is 6.37. The molecule has 8 heteroatoms. The number of hydrogen-bond donors (Lipinski definition) is 1. The number of hydrogen-bond acceptors (Lipinski definition) is 8. The van der Waals surface area contributed by atoms with Crippen LogP contribution in [-0.2, 0) is 9.53 Å². The van der Waals surface area contributed by atoms with Gasteiger partial charge in [-0.3, -0.25) is 14.7 Å². The maximum atomic E-state index is 11.7. The highest BCUT2D eigenvalue weighted by atomic mass is 16.5. The van der Waals surface area contributed by atoms with Gasteiger partial charge in [0.25, 0.3) is 0 Å². The molecule has 0 amide bonds. The van der Waals surface area contributed by atoms with E-state index in [2.05, 4.69) is 38.9 Å². The van der Waals surface area contributed by atoms with E-state index in [1.54, 1.807) is 6.20 Å². The standard InChI is InChI=1S/C23H34N6O2/c1-4-28(5-2)18-10-9-15-29(17-18)21-16-20(25-14-12-22(30)31-6-3)26-23(27-21)19-11-7-8-13-24-19/h7-8,11,13,16,18H,4-6,9-10,12,14-15,17H2,1-3H3,(H,25,26,27). The highest BCUT2D eigenvalue weighted by Crippen LogP contribution is 2.25. The number of rotatable bonds is 10. The summed E-state index contributed by atoms with van der Waals surface area (Å²) in [6.07, 6.45) is 4.38. The molecule has 0 bridgehead atoms. The van der Waals surface area contributed by atoms with E-state index in [4.69, 9.17) is 9.72 Å². The lowest BCUT2D eigenvalue weighted by Gasteiger charge is -2.39. The van der Waals surface area contributed by atoms with Gasteiger partial charge in [0.05, 0.1) is 13.0 Å². The van der Waals surface area contributed by atoms with Crippen LogP contribution in [0.1, 0.15) is 40.0 Å². The van der Waals surface area contributed by atoms with Gasteiger partial charge in [-0.25, -0.2) is 9.97 Å². The van der Waals surface area contributed by atoms with Crippen molar-refractivity contribution in [2.45, 2.75) is 46.1 Å². The smallest absolute Gasteiger partial charge is 0.307 e. The van der Waals surface area contributed by atoms with Crippen LogP contribution in [-0.4, -0.2) is 71.2 Å². The zero-order chi connectivity index (χ0) is 22.1. The molecule has 1 saturated heterocycles. The number of anilines is 2. The van der Waals surface area contributed by atoms with Crippen molar-refractivity contribution in [1.29, 1.82) is 0 Å². The summed E-state index contributed by atoms with van der Waals surface area (Å²) < 4.78 is 5.01. The third-order valence-corrected chi connectivity index (χ3v) is 5.60. The van der Waals surface area contributed by atoms with Crippen molar-refractivity contribution >= 4 is 17.6 Å². The monoisotopic (exact) mass is 426 g/mol. The molecule has 3 heterocycles. The van der Waals surface area contributed by atoms with Crippen molar-refractivity contribution in [2.75, 3.05) is 49.5 Å². The molecule has 31 heavy (non-hydrogen) atoms. The Balaban J connectivity index is 1.82. The Kier molecular flexibility index (Phi) is 8.58. The van der Waals surface area contributed by atoms with Crippen LogP contribution in [0.5, 0.6) is 0 Å². The number of nitrogens with zero attached hydrogens (tertiary/aromatic N) is 5. The van der Waals surface area contributed by atoms with Crippen LogP contribution in [0.25, 0.3) is 11.5 Å². The minimum atomic E-state index is -0.215. The summed E-state index contributed by atoms with van der Waals surface area (Å²) in [7, 11) is 0. The van der Waals surface area contributed by atoms with Crippen LogP contribution in [0.4, 0.5) is 11.6 Å². The molecule has 0 aliphatic carbocycles. The van der Waals surface area contributed by atoms with Gasteiger partial charge < -0.3 is 15.0 Å². The third-order valence-electron chi connectivity index (χ3n) is 5.60. The first-order chi connectivity index (χ1) is 15.1. The summed E-state index contributed by atoms with van der Waals surface area (Å²) in [4.78, 5) is 30.5. The molecule has 1 fully saturated rings. The molecule has 0 radical (unpaired) electrons. The Morgan fingerprint density at radius 1 is 1.26 bits per heavy atom. The Morgan fingerprint density at radius 3 is 2.81 bits per heavy atom. The lowest BCUT2D eigenvalue weighted by molar-refractivity contribution is -0.142. The molecule has 2 aromatic heterocycles. The first kappa shape index (κ1) is 22.9. The number of aromatic nitrogens is 3. The predicted octanol–water partition coefficient (Wildman–Crippen LogP) is 3.21. The average Bonchev–Trinajstić information content (AvgIpc) is 2.81. The largest absolute Gasteiger partial charge is 0.466 e. The van der Waals surface area contributed by atoms with Crippen LogP contribution < -0.4 is 10.2 Å². The van der Waals surface area contributed by atoms with Gasteiger partial charge in [0.2, 0.25) is 0 Å². The fourth-order valence-corrected chi connectivity index (χ4v) is 4.02. The van der Waals surface area contributed by atoms with E-state index in [-0.39, 0.29) is 5.97 Å². The number of carbonyl (C=O) groups is 1. The summed E-state index contributed by atoms with van der Waals surface area (Å²) in [6.45, 7) is 11.1. The SMILES string of the molecule is CCOC(=O)CCNc1cc(N2CCCC(N(CC)CC)C2)nc(-c2ccccn2)n1. The Labute approximate surface area is 185 Å². The second kappa shape index (κ2) is 11.6. The fourth-order valence-electron chi connectivity index (χ4n) is 4.02. The second-order valence-electron chi connectivity index (χ2n) is 7.60. The van der Waals surface area contributed by atoms with Gasteiger partial charge in [0.1, 0.15) is 17.3 Å².